The van der Waals surface area contributed by atoms with Crippen LogP contribution in [0.4, 0.5) is 0 Å². The highest BCUT2D eigenvalue weighted by Crippen LogP contribution is 2.19. The highest BCUT2D eigenvalue weighted by Gasteiger charge is 2.00. The number of hydrogen-bond donors (Lipinski definition) is 0. The largest absolute Gasteiger partial charge is 0.490 e. The quantitative estimate of drug-likeness (QED) is 0.371. The second kappa shape index (κ2) is 10.6. The molecule has 0 aliphatic heterocycles. The van der Waals surface area contributed by atoms with Crippen molar-refractivity contribution in [1.82, 2.24) is 0 Å². The van der Waals surface area contributed by atoms with Crippen LogP contribution in [0, 0.1) is 0 Å². The van der Waals surface area contributed by atoms with E-state index in [1.165, 1.54) is 22.8 Å². The third-order valence-corrected chi connectivity index (χ3v) is 4.40. The lowest BCUT2D eigenvalue weighted by molar-refractivity contribution is 0.362. The van der Waals surface area contributed by atoms with E-state index in [2.05, 4.69) is 45.9 Å². The maximum Gasteiger partial charge on any atom is 0.336 e. The molecule has 0 saturated carbocycles. The van der Waals surface area contributed by atoms with Gasteiger partial charge in [0.05, 0.1) is 0 Å². The standard InChI is InChI=1S/C24H30O3/c1-18(2)7-5-8-19(3)9-6-10-20(4)15-16-26-22-12-13-23-21(17-22)11-14-24(25)27-23/h7,9,11-15,17H,5-6,8,10,16H2,1-4H3/b19-9+,20-15+. The molecule has 0 saturated heterocycles. The van der Waals surface area contributed by atoms with E-state index >= 15 is 0 Å². The molecule has 0 radical (unpaired) electrons. The van der Waals surface area contributed by atoms with Crippen LogP contribution in [0.25, 0.3) is 11.0 Å². The van der Waals surface area contributed by atoms with Crippen molar-refractivity contribution in [3.8, 4) is 5.75 Å². The van der Waals surface area contributed by atoms with Crippen LogP contribution in [-0.2, 0) is 0 Å². The van der Waals surface area contributed by atoms with E-state index in [0.717, 1.165) is 36.8 Å². The molecule has 0 aliphatic rings. The van der Waals surface area contributed by atoms with Gasteiger partial charge in [-0.15, -0.1) is 0 Å². The van der Waals surface area contributed by atoms with Crippen LogP contribution in [0.15, 0.2) is 74.5 Å². The summed E-state index contributed by atoms with van der Waals surface area (Å²) in [5, 5.41) is 0.863. The molecule has 0 fully saturated rings. The zero-order valence-electron chi connectivity index (χ0n) is 16.9. The van der Waals surface area contributed by atoms with E-state index in [1.54, 1.807) is 12.1 Å². The number of allylic oxidation sites excluding steroid dienone is 5. The molecule has 0 bridgehead atoms. The Morgan fingerprint density at radius 3 is 2.37 bits per heavy atom. The number of fused-ring (bicyclic) bond motifs is 1. The van der Waals surface area contributed by atoms with Crippen molar-refractivity contribution in [2.75, 3.05) is 6.61 Å². The Hall–Kier alpha value is -2.55. The number of benzene rings is 1. The van der Waals surface area contributed by atoms with Crippen LogP contribution in [0.1, 0.15) is 53.4 Å². The molecule has 144 valence electrons. The van der Waals surface area contributed by atoms with Crippen molar-refractivity contribution in [2.45, 2.75) is 53.4 Å². The van der Waals surface area contributed by atoms with Gasteiger partial charge >= 0.3 is 5.63 Å². The molecular weight excluding hydrogens is 336 g/mol. The van der Waals surface area contributed by atoms with Crippen LogP contribution in [0.2, 0.25) is 0 Å². The van der Waals surface area contributed by atoms with Gasteiger partial charge in [-0.2, -0.15) is 0 Å². The van der Waals surface area contributed by atoms with Gasteiger partial charge in [-0.05, 0) is 83.7 Å². The molecular formula is C24H30O3. The van der Waals surface area contributed by atoms with Gasteiger partial charge in [0.1, 0.15) is 17.9 Å². The molecule has 0 atom stereocenters. The summed E-state index contributed by atoms with van der Waals surface area (Å²) in [6.45, 7) is 9.18. The Balaban J connectivity index is 1.77. The second-order valence-corrected chi connectivity index (χ2v) is 7.22. The maximum absolute atomic E-state index is 11.2. The Morgan fingerprint density at radius 1 is 0.926 bits per heavy atom. The normalized spacial score (nSPS) is 12.3. The Morgan fingerprint density at radius 2 is 1.63 bits per heavy atom. The van der Waals surface area contributed by atoms with Crippen LogP contribution in [0.3, 0.4) is 0 Å². The lowest BCUT2D eigenvalue weighted by atomic mass is 10.1. The molecule has 1 aromatic carbocycles. The average molecular weight is 367 g/mol. The lowest BCUT2D eigenvalue weighted by Crippen LogP contribution is -1.97. The van der Waals surface area contributed by atoms with Crippen LogP contribution in [0.5, 0.6) is 5.75 Å². The van der Waals surface area contributed by atoms with Crippen molar-refractivity contribution < 1.29 is 9.15 Å². The fraction of sp³-hybridized carbons (Fsp3) is 0.375. The van der Waals surface area contributed by atoms with Crippen molar-refractivity contribution in [1.29, 1.82) is 0 Å². The summed E-state index contributed by atoms with van der Waals surface area (Å²) in [4.78, 5) is 11.2. The highest BCUT2D eigenvalue weighted by molar-refractivity contribution is 5.77. The van der Waals surface area contributed by atoms with E-state index in [-0.39, 0.29) is 5.63 Å². The third kappa shape index (κ3) is 7.69. The molecule has 2 rings (SSSR count). The number of ether oxygens (including phenoxy) is 1. The molecule has 27 heavy (non-hydrogen) atoms. The van der Waals surface area contributed by atoms with Gasteiger partial charge in [0, 0.05) is 11.5 Å². The van der Waals surface area contributed by atoms with Gasteiger partial charge < -0.3 is 9.15 Å². The Bertz CT molecular complexity index is 893. The van der Waals surface area contributed by atoms with Crippen molar-refractivity contribution in [3.63, 3.8) is 0 Å². The zero-order valence-corrected chi connectivity index (χ0v) is 16.9. The first-order valence-corrected chi connectivity index (χ1v) is 9.55. The molecule has 0 amide bonds. The summed E-state index contributed by atoms with van der Waals surface area (Å²) < 4.78 is 10.9. The molecule has 0 N–H and O–H groups in total. The van der Waals surface area contributed by atoms with Gasteiger partial charge in [-0.25, -0.2) is 4.79 Å². The lowest BCUT2D eigenvalue weighted by Gasteiger charge is -2.06. The van der Waals surface area contributed by atoms with Crippen LogP contribution >= 0.6 is 0 Å². The molecule has 1 heterocycles. The van der Waals surface area contributed by atoms with Gasteiger partial charge in [-0.1, -0.05) is 28.9 Å². The summed E-state index contributed by atoms with van der Waals surface area (Å²) in [5.41, 5.74) is 4.41. The zero-order chi connectivity index (χ0) is 19.6. The summed E-state index contributed by atoms with van der Waals surface area (Å²) in [7, 11) is 0. The molecule has 0 spiro atoms. The molecule has 3 nitrogen and oxygen atoms in total. The molecule has 1 aromatic heterocycles. The SMILES string of the molecule is CC(C)=CCC/C(C)=C/CC/C(C)=C/COc1ccc2oc(=O)ccc2c1. The summed E-state index contributed by atoms with van der Waals surface area (Å²) in [5.74, 6) is 0.774. The first-order valence-electron chi connectivity index (χ1n) is 9.55. The third-order valence-electron chi connectivity index (χ3n) is 4.40. The Labute approximate surface area is 162 Å². The van der Waals surface area contributed by atoms with Crippen LogP contribution < -0.4 is 10.4 Å². The minimum absolute atomic E-state index is 0.337. The first kappa shape index (κ1) is 20.8. The highest BCUT2D eigenvalue weighted by atomic mass is 16.5. The van der Waals surface area contributed by atoms with E-state index in [1.807, 2.05) is 12.1 Å². The molecule has 0 aliphatic carbocycles. The minimum atomic E-state index is -0.337. The van der Waals surface area contributed by atoms with E-state index in [4.69, 9.17) is 9.15 Å². The van der Waals surface area contributed by atoms with Gasteiger partial charge in [-0.3, -0.25) is 0 Å². The second-order valence-electron chi connectivity index (χ2n) is 7.22. The van der Waals surface area contributed by atoms with E-state index in [0.29, 0.717) is 12.2 Å². The van der Waals surface area contributed by atoms with Gasteiger partial charge in [0.25, 0.3) is 0 Å². The molecule has 2 aromatic rings. The van der Waals surface area contributed by atoms with E-state index in [9.17, 15) is 4.79 Å². The summed E-state index contributed by atoms with van der Waals surface area (Å²) in [6.07, 6.45) is 11.1. The van der Waals surface area contributed by atoms with Gasteiger partial charge in [0.2, 0.25) is 0 Å². The van der Waals surface area contributed by atoms with Crippen molar-refractivity contribution >= 4 is 11.0 Å². The van der Waals surface area contributed by atoms with E-state index < -0.39 is 0 Å². The predicted molar refractivity (Wildman–Crippen MR) is 113 cm³/mol. The summed E-state index contributed by atoms with van der Waals surface area (Å²) >= 11 is 0. The number of rotatable bonds is 9. The fourth-order valence-corrected chi connectivity index (χ4v) is 2.76. The molecule has 3 heteroatoms. The van der Waals surface area contributed by atoms with Gasteiger partial charge in [0.15, 0.2) is 0 Å². The predicted octanol–water partition coefficient (Wildman–Crippen LogP) is 6.59. The number of hydrogen-bond acceptors (Lipinski definition) is 3. The topological polar surface area (TPSA) is 39.4 Å². The Kier molecular flexibility index (Phi) is 8.12. The van der Waals surface area contributed by atoms with Crippen molar-refractivity contribution in [3.05, 3.63) is 75.7 Å². The maximum atomic E-state index is 11.2. The van der Waals surface area contributed by atoms with Crippen molar-refractivity contribution in [2.24, 2.45) is 0 Å². The molecule has 0 unspecified atom stereocenters. The smallest absolute Gasteiger partial charge is 0.336 e. The first-order chi connectivity index (χ1) is 12.9. The van der Waals surface area contributed by atoms with Crippen LogP contribution in [-0.4, -0.2) is 6.61 Å². The minimum Gasteiger partial charge on any atom is -0.490 e. The monoisotopic (exact) mass is 366 g/mol. The summed E-state index contributed by atoms with van der Waals surface area (Å²) in [6, 6.07) is 8.66. The average Bonchev–Trinajstić information content (AvgIpc) is 2.61. The fourth-order valence-electron chi connectivity index (χ4n) is 2.76.